The van der Waals surface area contributed by atoms with E-state index in [4.69, 9.17) is 0 Å². The molecule has 5 heteroatoms. The first-order chi connectivity index (χ1) is 48.8. The van der Waals surface area contributed by atoms with Crippen LogP contribution in [0.4, 0.5) is 34.1 Å². The highest BCUT2D eigenvalue weighted by Crippen LogP contribution is 2.55. The molecule has 2 aliphatic heterocycles. The summed E-state index contributed by atoms with van der Waals surface area (Å²) in [5, 5.41) is 4.89. The van der Waals surface area contributed by atoms with Crippen LogP contribution in [0.2, 0.25) is 0 Å². The number of benzene rings is 15. The first-order valence-electron chi connectivity index (χ1n) is 34.5. The van der Waals surface area contributed by atoms with Crippen molar-refractivity contribution in [3.63, 3.8) is 0 Å². The van der Waals surface area contributed by atoms with E-state index < -0.39 is 0 Å². The third-order valence-corrected chi connectivity index (χ3v) is 20.8. The SMILES string of the molecule is CC(C)(C)c1cc2c3c(c1)N(c1c(-c4ccccc4)cccc1-c1ccccc1)c1ccc(-c4cccc5c4c4ccccc4n5-c4ccccc4)cc1B3c1cc(-c3cccc4c3c3ccccc3n4-c3ccccc3)ccc1N2c1c(-c2ccccc2)cccc1-c1ccccc1. The first-order valence-corrected chi connectivity index (χ1v) is 34.5. The van der Waals surface area contributed by atoms with Gasteiger partial charge in [0.15, 0.2) is 0 Å². The number of aromatic nitrogens is 2. The molecule has 0 unspecified atom stereocenters. The smallest absolute Gasteiger partial charge is 0.252 e. The summed E-state index contributed by atoms with van der Waals surface area (Å²) in [5.41, 5.74) is 32.4. The summed E-state index contributed by atoms with van der Waals surface area (Å²) < 4.78 is 4.88. The zero-order valence-corrected chi connectivity index (χ0v) is 55.4. The number of fused-ring (bicyclic) bond motifs is 10. The number of para-hydroxylation sites is 6. The number of rotatable bonds is 10. The monoisotopic (exact) mass is 1260 g/mol. The predicted molar refractivity (Wildman–Crippen MR) is 420 cm³/mol. The van der Waals surface area contributed by atoms with Crippen molar-refractivity contribution in [3.05, 3.63) is 357 Å². The molecule has 0 fully saturated rings. The van der Waals surface area contributed by atoms with Crippen molar-refractivity contribution < 1.29 is 0 Å². The second kappa shape index (κ2) is 23.2. The Hall–Kier alpha value is -12.4. The molecule has 0 bridgehead atoms. The van der Waals surface area contributed by atoms with Crippen molar-refractivity contribution in [1.29, 1.82) is 0 Å². The molecule has 19 rings (SSSR count). The highest BCUT2D eigenvalue weighted by atomic mass is 15.2. The van der Waals surface area contributed by atoms with Crippen molar-refractivity contribution in [2.75, 3.05) is 9.80 Å². The van der Waals surface area contributed by atoms with Crippen molar-refractivity contribution in [3.8, 4) is 78.1 Å². The van der Waals surface area contributed by atoms with E-state index in [0.717, 1.165) is 101 Å². The molecule has 0 saturated carbocycles. The van der Waals surface area contributed by atoms with Crippen LogP contribution in [0.15, 0.2) is 352 Å². The minimum absolute atomic E-state index is 0.274. The van der Waals surface area contributed by atoms with Crippen molar-refractivity contribution in [1.82, 2.24) is 9.13 Å². The fourth-order valence-electron chi connectivity index (χ4n) is 16.5. The molecule has 2 aliphatic rings. The number of hydrogen-bond donors (Lipinski definition) is 0. The molecular weight excluding hydrogens is 1200 g/mol. The Labute approximate surface area is 577 Å². The average Bonchev–Trinajstić information content (AvgIpc) is 1.39. The summed E-state index contributed by atoms with van der Waals surface area (Å²) in [6, 6.07) is 132. The van der Waals surface area contributed by atoms with Crippen LogP contribution in [0.5, 0.6) is 0 Å². The van der Waals surface area contributed by atoms with Gasteiger partial charge in [-0.2, -0.15) is 0 Å². The molecule has 4 nitrogen and oxygen atoms in total. The van der Waals surface area contributed by atoms with Crippen LogP contribution in [0.1, 0.15) is 26.3 Å². The highest BCUT2D eigenvalue weighted by Gasteiger charge is 2.46. The van der Waals surface area contributed by atoms with Crippen LogP contribution >= 0.6 is 0 Å². The van der Waals surface area contributed by atoms with Gasteiger partial charge in [0, 0.05) is 77.9 Å². The Morgan fingerprint density at radius 2 is 0.566 bits per heavy atom. The molecule has 17 aromatic rings. The summed E-state index contributed by atoms with van der Waals surface area (Å²) in [6.45, 7) is 6.87. The minimum atomic E-state index is -0.287. The maximum Gasteiger partial charge on any atom is 0.252 e. The lowest BCUT2D eigenvalue weighted by Gasteiger charge is -2.46. The van der Waals surface area contributed by atoms with E-state index in [0.29, 0.717) is 0 Å². The fraction of sp³-hybridized carbons (Fsp3) is 0.0426. The Balaban J connectivity index is 0.976. The van der Waals surface area contributed by atoms with Crippen LogP contribution in [0, 0.1) is 0 Å². The molecule has 4 heterocycles. The molecule has 0 atom stereocenters. The summed E-state index contributed by atoms with van der Waals surface area (Å²) in [6.07, 6.45) is 0. The second-order valence-electron chi connectivity index (χ2n) is 27.5. The van der Waals surface area contributed by atoms with Crippen LogP contribution < -0.4 is 26.2 Å². The quantitative estimate of drug-likeness (QED) is 0.127. The Bertz CT molecular complexity index is 5540. The number of nitrogens with zero attached hydrogens (tertiary/aromatic N) is 4. The van der Waals surface area contributed by atoms with E-state index in [1.165, 1.54) is 76.7 Å². The highest BCUT2D eigenvalue weighted by molar-refractivity contribution is 7.00. The zero-order valence-electron chi connectivity index (χ0n) is 55.4. The van der Waals surface area contributed by atoms with E-state index in [9.17, 15) is 0 Å². The Kier molecular flexibility index (Phi) is 13.6. The van der Waals surface area contributed by atoms with Crippen molar-refractivity contribution >= 4 is 101 Å². The standard InChI is InChI=1S/C94H67BN4/c1-94(2,3)68-60-87-91-88(61-68)99(93-75(64-34-14-6-15-35-64)48-27-49-76(93)65-36-16-7-17-37-65)84-57-55-67(72-45-29-53-86-90(72)78-43-23-25-51-82(78)97(86)70-40-20-9-21-41-70)59-80(84)95(91)79-58-66(71-44-28-52-85-89(71)77-42-22-24-50-81(77)96(85)69-38-18-8-19-39-69)54-56-83(79)98(87)92-73(62-30-10-4-11-31-62)46-26-47-74(92)63-32-12-5-13-33-63/h4-61H,1-3H3. The van der Waals surface area contributed by atoms with Gasteiger partial charge in [0.05, 0.1) is 33.4 Å². The average molecular weight is 1260 g/mol. The van der Waals surface area contributed by atoms with Crippen molar-refractivity contribution in [2.45, 2.75) is 26.2 Å². The van der Waals surface area contributed by atoms with Gasteiger partial charge >= 0.3 is 0 Å². The summed E-state index contributed by atoms with van der Waals surface area (Å²) in [5.74, 6) is 0. The maximum absolute atomic E-state index is 2.68. The predicted octanol–water partition coefficient (Wildman–Crippen LogP) is 23.3. The largest absolute Gasteiger partial charge is 0.310 e. The fourth-order valence-corrected chi connectivity index (χ4v) is 16.5. The van der Waals surface area contributed by atoms with Gasteiger partial charge < -0.3 is 18.9 Å². The second-order valence-corrected chi connectivity index (χ2v) is 27.5. The van der Waals surface area contributed by atoms with E-state index in [1.807, 2.05) is 0 Å². The molecule has 0 spiro atoms. The molecule has 2 aromatic heterocycles. The summed E-state index contributed by atoms with van der Waals surface area (Å²) >= 11 is 0. The van der Waals surface area contributed by atoms with Gasteiger partial charge in [-0.05, 0) is 145 Å². The lowest BCUT2D eigenvalue weighted by atomic mass is 9.33. The van der Waals surface area contributed by atoms with Gasteiger partial charge in [-0.1, -0.05) is 300 Å². The van der Waals surface area contributed by atoms with Crippen LogP contribution in [0.3, 0.4) is 0 Å². The van der Waals surface area contributed by atoms with Gasteiger partial charge in [-0.25, -0.2) is 0 Å². The molecular formula is C94H67BN4. The zero-order chi connectivity index (χ0) is 65.9. The lowest BCUT2D eigenvalue weighted by Crippen LogP contribution is -2.61. The molecule has 0 saturated heterocycles. The van der Waals surface area contributed by atoms with E-state index in [-0.39, 0.29) is 12.1 Å². The molecule has 0 amide bonds. The normalized spacial score (nSPS) is 12.5. The first kappa shape index (κ1) is 58.0. The van der Waals surface area contributed by atoms with E-state index in [2.05, 4.69) is 392 Å². The van der Waals surface area contributed by atoms with Crippen LogP contribution in [-0.4, -0.2) is 15.8 Å². The Morgan fingerprint density at radius 3 is 0.929 bits per heavy atom. The van der Waals surface area contributed by atoms with Gasteiger partial charge in [-0.15, -0.1) is 0 Å². The molecule has 15 aromatic carbocycles. The van der Waals surface area contributed by atoms with E-state index >= 15 is 0 Å². The lowest BCUT2D eigenvalue weighted by molar-refractivity contribution is 0.590. The summed E-state index contributed by atoms with van der Waals surface area (Å²) in [4.78, 5) is 5.37. The van der Waals surface area contributed by atoms with E-state index in [1.54, 1.807) is 0 Å². The molecule has 0 N–H and O–H groups in total. The van der Waals surface area contributed by atoms with Crippen LogP contribution in [-0.2, 0) is 5.41 Å². The molecule has 0 radical (unpaired) electrons. The third kappa shape index (κ3) is 9.29. The number of anilines is 6. The summed E-state index contributed by atoms with van der Waals surface area (Å²) in [7, 11) is 0. The van der Waals surface area contributed by atoms with Gasteiger partial charge in [0.25, 0.3) is 6.71 Å². The van der Waals surface area contributed by atoms with Gasteiger partial charge in [-0.3, -0.25) is 0 Å². The molecule has 466 valence electrons. The van der Waals surface area contributed by atoms with Gasteiger partial charge in [0.1, 0.15) is 0 Å². The van der Waals surface area contributed by atoms with Crippen LogP contribution in [0.25, 0.3) is 122 Å². The Morgan fingerprint density at radius 1 is 0.253 bits per heavy atom. The topological polar surface area (TPSA) is 16.3 Å². The van der Waals surface area contributed by atoms with Crippen molar-refractivity contribution in [2.24, 2.45) is 0 Å². The van der Waals surface area contributed by atoms with Gasteiger partial charge in [0.2, 0.25) is 0 Å². The third-order valence-electron chi connectivity index (χ3n) is 20.8. The molecule has 99 heavy (non-hydrogen) atoms. The maximum atomic E-state index is 2.68. The minimum Gasteiger partial charge on any atom is -0.310 e. The molecule has 0 aliphatic carbocycles. The number of hydrogen-bond acceptors (Lipinski definition) is 2.